The number of hydrogen-bond donors (Lipinski definition) is 7. The van der Waals surface area contributed by atoms with E-state index in [1.807, 2.05) is 6.92 Å². The minimum Gasteiger partial charge on any atom is -0.457 e. The average molecular weight is 877 g/mol. The maximum absolute atomic E-state index is 12.3. The fourth-order valence-corrected chi connectivity index (χ4v) is 7.79. The van der Waals surface area contributed by atoms with Crippen LogP contribution >= 0.6 is 0 Å². The Labute approximate surface area is 367 Å². The van der Waals surface area contributed by atoms with Gasteiger partial charge >= 0.3 is 5.97 Å². The lowest BCUT2D eigenvalue weighted by Gasteiger charge is -2.42. The van der Waals surface area contributed by atoms with E-state index in [4.69, 9.17) is 28.4 Å². The van der Waals surface area contributed by atoms with Gasteiger partial charge in [-0.15, -0.1) is 0 Å². The molecule has 14 nitrogen and oxygen atoms in total. The van der Waals surface area contributed by atoms with Crippen molar-refractivity contribution < 1.29 is 69.0 Å². The van der Waals surface area contributed by atoms with Crippen LogP contribution in [0, 0.1) is 0 Å². The van der Waals surface area contributed by atoms with E-state index in [2.05, 4.69) is 19.1 Å². The van der Waals surface area contributed by atoms with Crippen LogP contribution in [-0.4, -0.2) is 142 Å². The molecule has 7 N–H and O–H groups in total. The molecule has 2 saturated heterocycles. The van der Waals surface area contributed by atoms with E-state index < -0.39 is 86.7 Å². The molecule has 2 heterocycles. The molecular weight excluding hydrogens is 789 g/mol. The second kappa shape index (κ2) is 36.0. The Kier molecular flexibility index (Phi) is 33.0. The third-order valence-electron chi connectivity index (χ3n) is 11.7. The molecule has 0 saturated carbocycles. The van der Waals surface area contributed by atoms with Gasteiger partial charge in [-0.05, 0) is 38.5 Å². The highest BCUT2D eigenvalue weighted by Crippen LogP contribution is 2.26. The third-order valence-corrected chi connectivity index (χ3v) is 11.7. The fourth-order valence-electron chi connectivity index (χ4n) is 7.79. The number of rotatable bonds is 38. The molecule has 0 aliphatic carbocycles. The van der Waals surface area contributed by atoms with E-state index in [1.54, 1.807) is 0 Å². The lowest BCUT2D eigenvalue weighted by atomic mass is 9.98. The molecule has 0 aromatic heterocycles. The second-order valence-electron chi connectivity index (χ2n) is 17.3. The minimum absolute atomic E-state index is 0.0594. The first kappa shape index (κ1) is 55.9. The van der Waals surface area contributed by atoms with Gasteiger partial charge in [0.2, 0.25) is 0 Å². The van der Waals surface area contributed by atoms with Crippen LogP contribution in [0.2, 0.25) is 0 Å². The molecule has 2 aliphatic heterocycles. The number of aliphatic hydroxyl groups excluding tert-OH is 7. The summed E-state index contributed by atoms with van der Waals surface area (Å²) in [6, 6.07) is 0. The summed E-state index contributed by atoms with van der Waals surface area (Å²) in [7, 11) is 0. The van der Waals surface area contributed by atoms with E-state index in [0.717, 1.165) is 19.3 Å². The Morgan fingerprint density at radius 2 is 0.967 bits per heavy atom. The van der Waals surface area contributed by atoms with Crippen molar-refractivity contribution in [2.24, 2.45) is 0 Å². The van der Waals surface area contributed by atoms with Crippen molar-refractivity contribution in [3.63, 3.8) is 0 Å². The first-order chi connectivity index (χ1) is 29.6. The molecule has 0 aromatic carbocycles. The van der Waals surface area contributed by atoms with Crippen LogP contribution in [0.25, 0.3) is 0 Å². The number of ether oxygens (including phenoxy) is 6. The first-order valence-corrected chi connectivity index (χ1v) is 24.3. The van der Waals surface area contributed by atoms with Gasteiger partial charge in [-0.1, -0.05) is 148 Å². The summed E-state index contributed by atoms with van der Waals surface area (Å²) in [6.45, 7) is 3.32. The van der Waals surface area contributed by atoms with Gasteiger partial charge in [-0.3, -0.25) is 4.79 Å². The molecule has 0 amide bonds. The Morgan fingerprint density at radius 3 is 1.46 bits per heavy atom. The Morgan fingerprint density at radius 1 is 0.525 bits per heavy atom. The lowest BCUT2D eigenvalue weighted by molar-refractivity contribution is -0.332. The lowest BCUT2D eigenvalue weighted by Crippen LogP contribution is -2.61. The van der Waals surface area contributed by atoms with E-state index >= 15 is 0 Å². The molecule has 0 bridgehead atoms. The SMILES string of the molecule is CCCCCCCCCC/C=C\CCCCCCCCCCCCCCCCOCC(COC1OC(COC2OC(CO)C(O)C(O)C2O)C(O)C(O)C1O)OC(=O)CCC. The Hall–Kier alpha value is -1.27. The summed E-state index contributed by atoms with van der Waals surface area (Å²) < 4.78 is 33.6. The van der Waals surface area contributed by atoms with Crippen LogP contribution in [0.4, 0.5) is 0 Å². The predicted molar refractivity (Wildman–Crippen MR) is 234 cm³/mol. The normalized spacial score (nSPS) is 27.5. The van der Waals surface area contributed by atoms with Crippen LogP contribution in [0.1, 0.15) is 181 Å². The zero-order chi connectivity index (χ0) is 44.5. The summed E-state index contributed by atoms with van der Waals surface area (Å²) in [4.78, 5) is 12.3. The van der Waals surface area contributed by atoms with Crippen LogP contribution in [0.3, 0.4) is 0 Å². The zero-order valence-corrected chi connectivity index (χ0v) is 37.9. The molecule has 360 valence electrons. The average Bonchev–Trinajstić information content (AvgIpc) is 3.25. The van der Waals surface area contributed by atoms with Gasteiger partial charge in [-0.25, -0.2) is 0 Å². The minimum atomic E-state index is -1.70. The molecular formula is C47H88O14. The standard InChI is InChI=1S/C47H88O14/c1-3-5-6-7-8-9-10-11-12-13-14-15-16-17-18-19-20-21-22-23-24-25-26-27-28-29-31-56-33-36(59-39(49)30-4-2)34-57-46-45(55)43(53)41(51)38(61-46)35-58-47-44(54)42(52)40(50)37(32-48)60-47/h13-14,36-38,40-48,50-55H,3-12,15-35H2,1-2H3/b14-13-. The topological polar surface area (TPSA) is 214 Å². The largest absolute Gasteiger partial charge is 0.457 e. The molecule has 0 aromatic rings. The van der Waals surface area contributed by atoms with Crippen molar-refractivity contribution in [2.75, 3.05) is 33.0 Å². The van der Waals surface area contributed by atoms with Crippen molar-refractivity contribution in [3.05, 3.63) is 12.2 Å². The number of allylic oxidation sites excluding steroid dienone is 2. The molecule has 0 spiro atoms. The van der Waals surface area contributed by atoms with Gasteiger partial charge in [0.05, 0.1) is 26.4 Å². The zero-order valence-electron chi connectivity index (χ0n) is 37.9. The Bertz CT molecular complexity index is 1060. The number of hydrogen-bond acceptors (Lipinski definition) is 14. The summed E-state index contributed by atoms with van der Waals surface area (Å²) >= 11 is 0. The van der Waals surface area contributed by atoms with Crippen LogP contribution in [-0.2, 0) is 33.2 Å². The number of aliphatic hydroxyl groups is 7. The predicted octanol–water partition coefficient (Wildman–Crippen LogP) is 6.29. The summed E-state index contributed by atoms with van der Waals surface area (Å²) in [5, 5.41) is 71.3. The van der Waals surface area contributed by atoms with Crippen molar-refractivity contribution >= 4 is 5.97 Å². The fraction of sp³-hybridized carbons (Fsp3) is 0.936. The second-order valence-corrected chi connectivity index (χ2v) is 17.3. The van der Waals surface area contributed by atoms with Crippen molar-refractivity contribution in [3.8, 4) is 0 Å². The molecule has 2 aliphatic rings. The molecule has 11 unspecified atom stereocenters. The molecule has 11 atom stereocenters. The summed E-state index contributed by atoms with van der Waals surface area (Å²) in [6.07, 6.45) is 20.6. The highest BCUT2D eigenvalue weighted by atomic mass is 16.7. The van der Waals surface area contributed by atoms with Gasteiger partial charge in [0.25, 0.3) is 0 Å². The molecule has 2 fully saturated rings. The molecule has 61 heavy (non-hydrogen) atoms. The van der Waals surface area contributed by atoms with Gasteiger partial charge in [-0.2, -0.15) is 0 Å². The van der Waals surface area contributed by atoms with Crippen molar-refractivity contribution in [1.29, 1.82) is 0 Å². The smallest absolute Gasteiger partial charge is 0.306 e. The van der Waals surface area contributed by atoms with Crippen LogP contribution in [0.5, 0.6) is 0 Å². The molecule has 0 radical (unpaired) electrons. The van der Waals surface area contributed by atoms with E-state index in [1.165, 1.54) is 135 Å². The molecule has 2 rings (SSSR count). The monoisotopic (exact) mass is 877 g/mol. The van der Waals surface area contributed by atoms with Gasteiger partial charge in [0.1, 0.15) is 54.9 Å². The third kappa shape index (κ3) is 24.6. The Balaban J connectivity index is 1.52. The number of esters is 1. The van der Waals surface area contributed by atoms with Gasteiger partial charge in [0.15, 0.2) is 12.6 Å². The van der Waals surface area contributed by atoms with Crippen LogP contribution in [0.15, 0.2) is 12.2 Å². The number of carbonyl (C=O) groups excluding carboxylic acids is 1. The van der Waals surface area contributed by atoms with Crippen molar-refractivity contribution in [1.82, 2.24) is 0 Å². The number of carbonyl (C=O) groups is 1. The maximum atomic E-state index is 12.3. The summed E-state index contributed by atoms with van der Waals surface area (Å²) in [5.74, 6) is -0.427. The first-order valence-electron chi connectivity index (χ1n) is 24.3. The van der Waals surface area contributed by atoms with E-state index in [9.17, 15) is 40.5 Å². The highest BCUT2D eigenvalue weighted by molar-refractivity contribution is 5.69. The summed E-state index contributed by atoms with van der Waals surface area (Å²) in [5.41, 5.74) is 0. The molecule has 14 heteroatoms. The van der Waals surface area contributed by atoms with Crippen LogP contribution < -0.4 is 0 Å². The van der Waals surface area contributed by atoms with E-state index in [0.29, 0.717) is 13.0 Å². The van der Waals surface area contributed by atoms with Crippen molar-refractivity contribution in [2.45, 2.75) is 248 Å². The maximum Gasteiger partial charge on any atom is 0.306 e. The van der Waals surface area contributed by atoms with Gasteiger partial charge < -0.3 is 64.2 Å². The van der Waals surface area contributed by atoms with Gasteiger partial charge in [0, 0.05) is 13.0 Å². The highest BCUT2D eigenvalue weighted by Gasteiger charge is 2.47. The van der Waals surface area contributed by atoms with E-state index in [-0.39, 0.29) is 19.6 Å². The number of unbranched alkanes of at least 4 members (excludes halogenated alkanes) is 22. The quantitative estimate of drug-likeness (QED) is 0.0206.